The number of nitrogens with zero attached hydrogens (tertiary/aromatic N) is 1. The standard InChI is InChI=1S/C20H26N2O5S/c1-15(21-28(24,25)17-8-6-5-7-9-17)20(23)22(2)13-12-16-10-11-18(26-3)19(14-16)27-4/h5-11,14-15,21H,12-13H2,1-4H3. The summed E-state index contributed by atoms with van der Waals surface area (Å²) in [5.41, 5.74) is 0.981. The van der Waals surface area contributed by atoms with E-state index in [9.17, 15) is 13.2 Å². The first-order valence-corrected chi connectivity index (χ1v) is 10.3. The van der Waals surface area contributed by atoms with E-state index in [1.54, 1.807) is 39.5 Å². The van der Waals surface area contributed by atoms with Crippen LogP contribution in [-0.4, -0.2) is 53.1 Å². The Morgan fingerprint density at radius 3 is 2.32 bits per heavy atom. The minimum Gasteiger partial charge on any atom is -0.493 e. The van der Waals surface area contributed by atoms with Gasteiger partial charge < -0.3 is 14.4 Å². The van der Waals surface area contributed by atoms with Gasteiger partial charge in [-0.2, -0.15) is 4.72 Å². The molecule has 1 amide bonds. The summed E-state index contributed by atoms with van der Waals surface area (Å²) in [5.74, 6) is 0.956. The van der Waals surface area contributed by atoms with Gasteiger partial charge in [0.1, 0.15) is 0 Å². The van der Waals surface area contributed by atoms with Crippen molar-refractivity contribution in [3.05, 3.63) is 54.1 Å². The van der Waals surface area contributed by atoms with E-state index >= 15 is 0 Å². The molecule has 0 aliphatic rings. The SMILES string of the molecule is COc1ccc(CCN(C)C(=O)C(C)NS(=O)(=O)c2ccccc2)cc1OC. The van der Waals surface area contributed by atoms with Gasteiger partial charge in [-0.1, -0.05) is 24.3 Å². The van der Waals surface area contributed by atoms with Gasteiger partial charge in [0.05, 0.1) is 25.2 Å². The lowest BCUT2D eigenvalue weighted by molar-refractivity contribution is -0.131. The van der Waals surface area contributed by atoms with Crippen LogP contribution >= 0.6 is 0 Å². The Labute approximate surface area is 166 Å². The van der Waals surface area contributed by atoms with Gasteiger partial charge in [-0.3, -0.25) is 4.79 Å². The molecule has 2 rings (SSSR count). The van der Waals surface area contributed by atoms with E-state index in [-0.39, 0.29) is 10.8 Å². The van der Waals surface area contributed by atoms with Crippen LogP contribution in [0.15, 0.2) is 53.4 Å². The largest absolute Gasteiger partial charge is 0.493 e. The molecule has 0 aromatic heterocycles. The van der Waals surface area contributed by atoms with Crippen molar-refractivity contribution in [2.75, 3.05) is 27.8 Å². The summed E-state index contributed by atoms with van der Waals surface area (Å²) in [6, 6.07) is 12.7. The molecule has 7 nitrogen and oxygen atoms in total. The molecule has 0 fully saturated rings. The Morgan fingerprint density at radius 2 is 1.71 bits per heavy atom. The Morgan fingerprint density at radius 1 is 1.07 bits per heavy atom. The second-order valence-electron chi connectivity index (χ2n) is 6.36. The molecule has 28 heavy (non-hydrogen) atoms. The average Bonchev–Trinajstić information content (AvgIpc) is 2.71. The van der Waals surface area contributed by atoms with E-state index in [0.29, 0.717) is 24.5 Å². The zero-order valence-corrected chi connectivity index (χ0v) is 17.3. The maximum atomic E-state index is 12.6. The first-order chi connectivity index (χ1) is 13.3. The fourth-order valence-electron chi connectivity index (χ4n) is 2.72. The number of carbonyl (C=O) groups excluding carboxylic acids is 1. The van der Waals surface area contributed by atoms with Crippen molar-refractivity contribution < 1.29 is 22.7 Å². The van der Waals surface area contributed by atoms with Crippen molar-refractivity contribution in [3.63, 3.8) is 0 Å². The minimum atomic E-state index is -3.75. The summed E-state index contributed by atoms with van der Waals surface area (Å²) in [7, 11) is 1.04. The first kappa shape index (κ1) is 21.7. The molecule has 1 atom stereocenters. The highest BCUT2D eigenvalue weighted by molar-refractivity contribution is 7.89. The molecule has 0 radical (unpaired) electrons. The van der Waals surface area contributed by atoms with Crippen LogP contribution in [0, 0.1) is 0 Å². The van der Waals surface area contributed by atoms with Crippen LogP contribution in [-0.2, 0) is 21.2 Å². The number of rotatable bonds is 9. The number of amides is 1. The summed E-state index contributed by atoms with van der Waals surface area (Å²) in [6.45, 7) is 1.97. The Balaban J connectivity index is 1.97. The third kappa shape index (κ3) is 5.46. The second-order valence-corrected chi connectivity index (χ2v) is 8.07. The number of hydrogen-bond donors (Lipinski definition) is 1. The van der Waals surface area contributed by atoms with Crippen LogP contribution in [0.4, 0.5) is 0 Å². The Kier molecular flexibility index (Phi) is 7.42. The molecule has 152 valence electrons. The third-order valence-electron chi connectivity index (χ3n) is 4.32. The molecule has 1 unspecified atom stereocenters. The molecule has 0 aliphatic carbocycles. The molecule has 0 spiro atoms. The van der Waals surface area contributed by atoms with E-state index in [2.05, 4.69) is 4.72 Å². The van der Waals surface area contributed by atoms with Crippen molar-refractivity contribution in [3.8, 4) is 11.5 Å². The number of likely N-dealkylation sites (N-methyl/N-ethyl adjacent to an activating group) is 1. The van der Waals surface area contributed by atoms with Crippen LogP contribution in [0.2, 0.25) is 0 Å². The van der Waals surface area contributed by atoms with Crippen LogP contribution in [0.25, 0.3) is 0 Å². The van der Waals surface area contributed by atoms with E-state index in [1.807, 2.05) is 18.2 Å². The molecule has 2 aromatic carbocycles. The normalized spacial score (nSPS) is 12.3. The molecule has 0 aliphatic heterocycles. The average molecular weight is 407 g/mol. The minimum absolute atomic E-state index is 0.127. The molecule has 0 saturated heterocycles. The van der Waals surface area contributed by atoms with Crippen LogP contribution < -0.4 is 14.2 Å². The fourth-order valence-corrected chi connectivity index (χ4v) is 3.94. The third-order valence-corrected chi connectivity index (χ3v) is 5.87. The van der Waals surface area contributed by atoms with Crippen molar-refractivity contribution in [2.24, 2.45) is 0 Å². The topological polar surface area (TPSA) is 84.9 Å². The summed E-state index contributed by atoms with van der Waals surface area (Å²) in [4.78, 5) is 14.2. The number of methoxy groups -OCH3 is 2. The lowest BCUT2D eigenvalue weighted by atomic mass is 10.1. The van der Waals surface area contributed by atoms with E-state index in [0.717, 1.165) is 5.56 Å². The first-order valence-electron chi connectivity index (χ1n) is 8.81. The summed E-state index contributed by atoms with van der Waals surface area (Å²) >= 11 is 0. The Bertz CT molecular complexity index is 900. The zero-order valence-electron chi connectivity index (χ0n) is 16.5. The van der Waals surface area contributed by atoms with E-state index in [4.69, 9.17) is 9.47 Å². The van der Waals surface area contributed by atoms with Gasteiger partial charge >= 0.3 is 0 Å². The summed E-state index contributed by atoms with van der Waals surface area (Å²) < 4.78 is 37.7. The predicted molar refractivity (Wildman–Crippen MR) is 107 cm³/mol. The van der Waals surface area contributed by atoms with E-state index in [1.165, 1.54) is 24.0 Å². The van der Waals surface area contributed by atoms with Gasteiger partial charge in [0.15, 0.2) is 11.5 Å². The van der Waals surface area contributed by atoms with Crippen LogP contribution in [0.3, 0.4) is 0 Å². The molecular formula is C20H26N2O5S. The molecule has 0 saturated carbocycles. The summed E-state index contributed by atoms with van der Waals surface area (Å²) in [6.07, 6.45) is 0.598. The highest BCUT2D eigenvalue weighted by Gasteiger charge is 2.24. The monoisotopic (exact) mass is 406 g/mol. The zero-order chi connectivity index (χ0) is 20.7. The fraction of sp³-hybridized carbons (Fsp3) is 0.350. The van der Waals surface area contributed by atoms with Crippen LogP contribution in [0.1, 0.15) is 12.5 Å². The molecular weight excluding hydrogens is 380 g/mol. The van der Waals surface area contributed by atoms with Crippen molar-refractivity contribution in [2.45, 2.75) is 24.3 Å². The molecule has 1 N–H and O–H groups in total. The van der Waals surface area contributed by atoms with Gasteiger partial charge in [0, 0.05) is 13.6 Å². The van der Waals surface area contributed by atoms with Gasteiger partial charge in [0.2, 0.25) is 15.9 Å². The quantitative estimate of drug-likeness (QED) is 0.689. The second kappa shape index (κ2) is 9.57. The highest BCUT2D eigenvalue weighted by Crippen LogP contribution is 2.27. The Hall–Kier alpha value is -2.58. The van der Waals surface area contributed by atoms with Crippen LogP contribution in [0.5, 0.6) is 11.5 Å². The lowest BCUT2D eigenvalue weighted by Crippen LogP contribution is -2.45. The van der Waals surface area contributed by atoms with Gasteiger partial charge in [-0.25, -0.2) is 8.42 Å². The van der Waals surface area contributed by atoms with Gasteiger partial charge in [0.25, 0.3) is 0 Å². The number of ether oxygens (including phenoxy) is 2. The number of carbonyl (C=O) groups is 1. The number of sulfonamides is 1. The molecule has 0 heterocycles. The highest BCUT2D eigenvalue weighted by atomic mass is 32.2. The number of benzene rings is 2. The maximum Gasteiger partial charge on any atom is 0.241 e. The molecule has 8 heteroatoms. The van der Waals surface area contributed by atoms with E-state index < -0.39 is 16.1 Å². The summed E-state index contributed by atoms with van der Waals surface area (Å²) in [5, 5.41) is 0. The maximum absolute atomic E-state index is 12.6. The van der Waals surface area contributed by atoms with Crippen molar-refractivity contribution in [1.29, 1.82) is 0 Å². The number of hydrogen-bond acceptors (Lipinski definition) is 5. The van der Waals surface area contributed by atoms with Crippen molar-refractivity contribution >= 4 is 15.9 Å². The molecule has 2 aromatic rings. The molecule has 0 bridgehead atoms. The number of nitrogens with one attached hydrogen (secondary N) is 1. The predicted octanol–water partition coefficient (Wildman–Crippen LogP) is 2.07. The smallest absolute Gasteiger partial charge is 0.241 e. The van der Waals surface area contributed by atoms with Crippen molar-refractivity contribution in [1.82, 2.24) is 9.62 Å². The van der Waals surface area contributed by atoms with Gasteiger partial charge in [-0.05, 0) is 43.2 Å². The van der Waals surface area contributed by atoms with Gasteiger partial charge in [-0.15, -0.1) is 0 Å². The lowest BCUT2D eigenvalue weighted by Gasteiger charge is -2.22.